The maximum atomic E-state index is 12.4. The molecule has 0 unspecified atom stereocenters. The first-order chi connectivity index (χ1) is 11.8. The third-order valence-electron chi connectivity index (χ3n) is 3.99. The van der Waals surface area contributed by atoms with Gasteiger partial charge in [-0.15, -0.1) is 0 Å². The number of hydrogen-bond donors (Lipinski definition) is 1. The number of anilines is 1. The lowest BCUT2D eigenvalue weighted by molar-refractivity contribution is 0.102. The van der Waals surface area contributed by atoms with E-state index in [1.54, 1.807) is 12.1 Å². The van der Waals surface area contributed by atoms with Crippen LogP contribution < -0.4 is 5.32 Å². The molecule has 0 aliphatic heterocycles. The Morgan fingerprint density at radius 3 is 2.62 bits per heavy atom. The van der Waals surface area contributed by atoms with Crippen molar-refractivity contribution in [2.75, 3.05) is 5.32 Å². The van der Waals surface area contributed by atoms with Crippen LogP contribution in [0.1, 0.15) is 17.3 Å². The molecule has 5 heteroatoms. The van der Waals surface area contributed by atoms with Crippen molar-refractivity contribution >= 4 is 33.7 Å². The fourth-order valence-electron chi connectivity index (χ4n) is 2.78. The second-order valence-electron chi connectivity index (χ2n) is 5.54. The summed E-state index contributed by atoms with van der Waals surface area (Å²) in [4.78, 5) is 17.1. The van der Waals surface area contributed by atoms with Crippen molar-refractivity contribution in [3.05, 3.63) is 66.2 Å². The van der Waals surface area contributed by atoms with Crippen LogP contribution in [-0.2, 0) is 6.54 Å². The lowest BCUT2D eigenvalue weighted by atomic mass is 10.2. The van der Waals surface area contributed by atoms with Gasteiger partial charge in [0, 0.05) is 17.5 Å². The van der Waals surface area contributed by atoms with E-state index in [-0.39, 0.29) is 5.91 Å². The minimum absolute atomic E-state index is 0.175. The van der Waals surface area contributed by atoms with E-state index < -0.39 is 0 Å². The lowest BCUT2D eigenvalue weighted by Crippen LogP contribution is -2.12. The molecule has 0 spiro atoms. The highest BCUT2D eigenvalue weighted by atomic mass is 16.1. The number of pyridine rings is 1. The summed E-state index contributed by atoms with van der Waals surface area (Å²) in [5.74, 6) is 0.366. The standard InChI is InChI=1S/C19H16N4O/c1-2-23-18-15(12-14-10-6-7-11-16(14)20-18)17(22-23)21-19(24)13-8-4-3-5-9-13/h3-12H,2H2,1H3,(H,21,22,24). The lowest BCUT2D eigenvalue weighted by Gasteiger charge is -2.02. The monoisotopic (exact) mass is 316 g/mol. The fraction of sp³-hybridized carbons (Fsp3) is 0.105. The molecule has 0 saturated heterocycles. The minimum Gasteiger partial charge on any atom is -0.305 e. The Bertz CT molecular complexity index is 1040. The van der Waals surface area contributed by atoms with Crippen LogP contribution in [-0.4, -0.2) is 20.7 Å². The number of aryl methyl sites for hydroxylation is 1. The zero-order valence-electron chi connectivity index (χ0n) is 13.2. The molecule has 24 heavy (non-hydrogen) atoms. The molecule has 4 aromatic rings. The van der Waals surface area contributed by atoms with Gasteiger partial charge in [0.15, 0.2) is 11.5 Å². The van der Waals surface area contributed by atoms with Crippen molar-refractivity contribution in [1.82, 2.24) is 14.8 Å². The molecule has 4 rings (SSSR count). The van der Waals surface area contributed by atoms with E-state index in [0.717, 1.165) is 21.9 Å². The van der Waals surface area contributed by atoms with Crippen molar-refractivity contribution in [3.8, 4) is 0 Å². The number of carbonyl (C=O) groups is 1. The van der Waals surface area contributed by atoms with Crippen molar-refractivity contribution in [3.63, 3.8) is 0 Å². The van der Waals surface area contributed by atoms with E-state index in [0.29, 0.717) is 17.9 Å². The number of carbonyl (C=O) groups excluding carboxylic acids is 1. The number of nitrogens with one attached hydrogen (secondary N) is 1. The number of amides is 1. The highest BCUT2D eigenvalue weighted by Gasteiger charge is 2.15. The molecule has 1 N–H and O–H groups in total. The molecule has 0 atom stereocenters. The van der Waals surface area contributed by atoms with Gasteiger partial charge in [-0.2, -0.15) is 5.10 Å². The van der Waals surface area contributed by atoms with Crippen LogP contribution in [0.25, 0.3) is 21.9 Å². The molecular weight excluding hydrogens is 300 g/mol. The van der Waals surface area contributed by atoms with Crippen molar-refractivity contribution < 1.29 is 4.79 Å². The summed E-state index contributed by atoms with van der Waals surface area (Å²) in [5.41, 5.74) is 2.30. The molecule has 1 amide bonds. The Hall–Kier alpha value is -3.21. The Morgan fingerprint density at radius 2 is 1.83 bits per heavy atom. The molecule has 2 heterocycles. The van der Waals surface area contributed by atoms with Gasteiger partial charge in [-0.3, -0.25) is 4.79 Å². The fourth-order valence-corrected chi connectivity index (χ4v) is 2.78. The predicted molar refractivity (Wildman–Crippen MR) is 95.1 cm³/mol. The van der Waals surface area contributed by atoms with Crippen LogP contribution in [0.15, 0.2) is 60.7 Å². The smallest absolute Gasteiger partial charge is 0.256 e. The van der Waals surface area contributed by atoms with Gasteiger partial charge in [-0.05, 0) is 31.2 Å². The SMILES string of the molecule is CCn1nc(NC(=O)c2ccccc2)c2cc3ccccc3nc21. The summed E-state index contributed by atoms with van der Waals surface area (Å²) in [6.45, 7) is 2.69. The molecule has 0 saturated carbocycles. The number of rotatable bonds is 3. The number of nitrogens with zero attached hydrogens (tertiary/aromatic N) is 3. The predicted octanol–water partition coefficient (Wildman–Crippen LogP) is 3.86. The molecule has 118 valence electrons. The average molecular weight is 316 g/mol. The molecule has 0 aliphatic carbocycles. The van der Waals surface area contributed by atoms with Gasteiger partial charge >= 0.3 is 0 Å². The maximum Gasteiger partial charge on any atom is 0.256 e. The molecule has 2 aromatic heterocycles. The van der Waals surface area contributed by atoms with Gasteiger partial charge in [0.2, 0.25) is 0 Å². The second kappa shape index (κ2) is 5.77. The number of fused-ring (bicyclic) bond motifs is 2. The number of hydrogen-bond acceptors (Lipinski definition) is 3. The van der Waals surface area contributed by atoms with Crippen LogP contribution >= 0.6 is 0 Å². The van der Waals surface area contributed by atoms with E-state index in [4.69, 9.17) is 4.98 Å². The number of aromatic nitrogens is 3. The van der Waals surface area contributed by atoms with Crippen LogP contribution in [0.4, 0.5) is 5.82 Å². The van der Waals surface area contributed by atoms with E-state index in [2.05, 4.69) is 10.4 Å². The Kier molecular flexibility index (Phi) is 3.46. The molecule has 0 fully saturated rings. The first-order valence-corrected chi connectivity index (χ1v) is 7.89. The van der Waals surface area contributed by atoms with E-state index in [9.17, 15) is 4.79 Å². The van der Waals surface area contributed by atoms with Gasteiger partial charge in [0.1, 0.15) is 0 Å². The minimum atomic E-state index is -0.175. The zero-order chi connectivity index (χ0) is 16.5. The second-order valence-corrected chi connectivity index (χ2v) is 5.54. The Morgan fingerprint density at radius 1 is 1.08 bits per heavy atom. The van der Waals surface area contributed by atoms with Crippen LogP contribution in [0.5, 0.6) is 0 Å². The Labute approximate surface area is 138 Å². The van der Waals surface area contributed by atoms with Crippen LogP contribution in [0.2, 0.25) is 0 Å². The van der Waals surface area contributed by atoms with Gasteiger partial charge in [-0.1, -0.05) is 36.4 Å². The van der Waals surface area contributed by atoms with Gasteiger partial charge < -0.3 is 5.32 Å². The van der Waals surface area contributed by atoms with E-state index >= 15 is 0 Å². The van der Waals surface area contributed by atoms with Gasteiger partial charge in [0.05, 0.1) is 10.9 Å². The van der Waals surface area contributed by atoms with Gasteiger partial charge in [-0.25, -0.2) is 9.67 Å². The largest absolute Gasteiger partial charge is 0.305 e. The summed E-state index contributed by atoms with van der Waals surface area (Å²) in [5, 5.41) is 9.30. The highest BCUT2D eigenvalue weighted by molar-refractivity contribution is 6.08. The third-order valence-corrected chi connectivity index (χ3v) is 3.99. The zero-order valence-corrected chi connectivity index (χ0v) is 13.2. The third kappa shape index (κ3) is 2.40. The normalized spacial score (nSPS) is 11.0. The number of para-hydroxylation sites is 1. The van der Waals surface area contributed by atoms with E-state index in [1.807, 2.05) is 60.1 Å². The van der Waals surface area contributed by atoms with Crippen molar-refractivity contribution in [2.45, 2.75) is 13.5 Å². The topological polar surface area (TPSA) is 59.8 Å². The molecule has 5 nitrogen and oxygen atoms in total. The van der Waals surface area contributed by atoms with Crippen molar-refractivity contribution in [1.29, 1.82) is 0 Å². The summed E-state index contributed by atoms with van der Waals surface area (Å²) in [7, 11) is 0. The first-order valence-electron chi connectivity index (χ1n) is 7.89. The summed E-state index contributed by atoms with van der Waals surface area (Å²) in [6, 6.07) is 19.1. The van der Waals surface area contributed by atoms with Crippen molar-refractivity contribution in [2.24, 2.45) is 0 Å². The maximum absolute atomic E-state index is 12.4. The highest BCUT2D eigenvalue weighted by Crippen LogP contribution is 2.26. The van der Waals surface area contributed by atoms with Crippen LogP contribution in [0.3, 0.4) is 0 Å². The van der Waals surface area contributed by atoms with Crippen LogP contribution in [0, 0.1) is 0 Å². The summed E-state index contributed by atoms with van der Waals surface area (Å²) in [6.07, 6.45) is 0. The van der Waals surface area contributed by atoms with Gasteiger partial charge in [0.25, 0.3) is 5.91 Å². The van der Waals surface area contributed by atoms with E-state index in [1.165, 1.54) is 0 Å². The molecule has 2 aromatic carbocycles. The molecule has 0 radical (unpaired) electrons. The molecule has 0 aliphatic rings. The average Bonchev–Trinajstić information content (AvgIpc) is 2.97. The quantitative estimate of drug-likeness (QED) is 0.624. The molecular formula is C19H16N4O. The number of benzene rings is 2. The Balaban J connectivity index is 1.83. The molecule has 0 bridgehead atoms. The summed E-state index contributed by atoms with van der Waals surface area (Å²) < 4.78 is 1.81. The summed E-state index contributed by atoms with van der Waals surface area (Å²) >= 11 is 0. The first kappa shape index (κ1) is 14.4.